The largest absolute Gasteiger partial charge is 0.472 e. The van der Waals surface area contributed by atoms with E-state index in [4.69, 9.17) is 30.2 Å². The number of nitrogens with zero attached hydrogens (tertiary/aromatic N) is 2. The number of nitrogens with one attached hydrogen (secondary N) is 1. The molecule has 2 fully saturated rings. The van der Waals surface area contributed by atoms with Crippen molar-refractivity contribution in [1.29, 1.82) is 0 Å². The number of aromatic nitrogens is 3. The van der Waals surface area contributed by atoms with Crippen molar-refractivity contribution in [2.24, 2.45) is 0 Å². The van der Waals surface area contributed by atoms with Crippen molar-refractivity contribution >= 4 is 22.8 Å². The Balaban J connectivity index is 1.43. The van der Waals surface area contributed by atoms with E-state index in [1.807, 2.05) is 0 Å². The summed E-state index contributed by atoms with van der Waals surface area (Å²) in [6, 6.07) is 3.83. The predicted molar refractivity (Wildman–Crippen MR) is 86.5 cm³/mol. The Kier molecular flexibility index (Phi) is 3.46. The van der Waals surface area contributed by atoms with Crippen molar-refractivity contribution < 1.29 is 23.7 Å². The first-order valence-corrected chi connectivity index (χ1v) is 8.23. The molecule has 2 aliphatic rings. The SMILES string of the molecule is O[C@@H]1CO[C@H]2[C@@H]1OC[C@H]2Oc1nc2nc(-c3ccoc3)c(Cl)cc2[nH]1. The highest BCUT2D eigenvalue weighted by atomic mass is 35.5. The third-order valence-electron chi connectivity index (χ3n) is 4.44. The van der Waals surface area contributed by atoms with Gasteiger partial charge in [-0.1, -0.05) is 11.6 Å². The van der Waals surface area contributed by atoms with E-state index in [0.717, 1.165) is 5.56 Å². The van der Waals surface area contributed by atoms with Crippen LogP contribution in [0.2, 0.25) is 5.02 Å². The van der Waals surface area contributed by atoms with Crippen LogP contribution in [0, 0.1) is 0 Å². The summed E-state index contributed by atoms with van der Waals surface area (Å²) in [4.78, 5) is 11.9. The summed E-state index contributed by atoms with van der Waals surface area (Å²) in [6.45, 7) is 0.582. The van der Waals surface area contributed by atoms with Crippen molar-refractivity contribution in [3.05, 3.63) is 29.7 Å². The van der Waals surface area contributed by atoms with Gasteiger partial charge in [0, 0.05) is 5.56 Å². The van der Waals surface area contributed by atoms with E-state index in [0.29, 0.717) is 34.5 Å². The first-order valence-electron chi connectivity index (χ1n) is 7.86. The molecule has 0 unspecified atom stereocenters. The number of aliphatic hydroxyl groups is 1. The molecule has 0 aliphatic carbocycles. The first-order chi connectivity index (χ1) is 12.2. The van der Waals surface area contributed by atoms with Gasteiger partial charge in [0.2, 0.25) is 0 Å². The number of pyridine rings is 1. The standard InChI is InChI=1S/C16H14ClN3O5/c17-8-3-9-15(19-12(8)7-1-2-22-4-7)20-16(18-9)25-11-6-24-13-10(21)5-23-14(11)13/h1-4,10-11,13-14,21H,5-6H2,(H,18,19,20)/t10-,11-,13-,14-/m1/s1. The second kappa shape index (κ2) is 5.70. The minimum atomic E-state index is -0.618. The Bertz CT molecular complexity index is 912. The van der Waals surface area contributed by atoms with Crippen LogP contribution in [0.3, 0.4) is 0 Å². The number of rotatable bonds is 3. The van der Waals surface area contributed by atoms with E-state index in [2.05, 4.69) is 15.0 Å². The van der Waals surface area contributed by atoms with Crippen LogP contribution in [-0.2, 0) is 9.47 Å². The minimum absolute atomic E-state index is 0.251. The normalized spacial score (nSPS) is 28.6. The quantitative estimate of drug-likeness (QED) is 0.731. The summed E-state index contributed by atoms with van der Waals surface area (Å²) in [5.74, 6) is 0. The number of imidazole rings is 1. The average Bonchev–Trinajstić information content (AvgIpc) is 3.34. The fraction of sp³-hybridized carbons (Fsp3) is 0.375. The molecule has 0 saturated carbocycles. The molecule has 0 spiro atoms. The van der Waals surface area contributed by atoms with Gasteiger partial charge in [0.15, 0.2) is 11.8 Å². The van der Waals surface area contributed by atoms with Crippen molar-refractivity contribution in [1.82, 2.24) is 15.0 Å². The number of H-pyrrole nitrogens is 1. The monoisotopic (exact) mass is 363 g/mol. The Morgan fingerprint density at radius 2 is 2.12 bits per heavy atom. The molecule has 0 aromatic carbocycles. The van der Waals surface area contributed by atoms with E-state index in [-0.39, 0.29) is 24.9 Å². The number of ether oxygens (including phenoxy) is 3. The van der Waals surface area contributed by atoms with Crippen LogP contribution in [0.5, 0.6) is 6.01 Å². The minimum Gasteiger partial charge on any atom is -0.472 e. The van der Waals surface area contributed by atoms with E-state index < -0.39 is 6.10 Å². The third-order valence-corrected chi connectivity index (χ3v) is 4.73. The number of furan rings is 1. The molecule has 5 rings (SSSR count). The maximum atomic E-state index is 9.79. The molecule has 0 bridgehead atoms. The fourth-order valence-electron chi connectivity index (χ4n) is 3.24. The van der Waals surface area contributed by atoms with Crippen LogP contribution in [0.4, 0.5) is 0 Å². The van der Waals surface area contributed by atoms with Gasteiger partial charge in [-0.2, -0.15) is 4.98 Å². The Labute approximate surface area is 146 Å². The molecule has 25 heavy (non-hydrogen) atoms. The van der Waals surface area contributed by atoms with Gasteiger partial charge in [0.25, 0.3) is 6.01 Å². The Morgan fingerprint density at radius 3 is 2.96 bits per heavy atom. The molecule has 3 aromatic rings. The number of aliphatic hydroxyl groups excluding tert-OH is 1. The van der Waals surface area contributed by atoms with E-state index in [9.17, 15) is 5.11 Å². The van der Waals surface area contributed by atoms with Crippen LogP contribution in [0.15, 0.2) is 29.1 Å². The summed E-state index contributed by atoms with van der Waals surface area (Å²) in [6.07, 6.45) is 1.51. The summed E-state index contributed by atoms with van der Waals surface area (Å²) in [5, 5.41) is 10.3. The lowest BCUT2D eigenvalue weighted by Crippen LogP contribution is -2.34. The van der Waals surface area contributed by atoms with Gasteiger partial charge < -0.3 is 28.7 Å². The maximum Gasteiger partial charge on any atom is 0.296 e. The number of fused-ring (bicyclic) bond motifs is 2. The topological polar surface area (TPSA) is 103 Å². The lowest BCUT2D eigenvalue weighted by molar-refractivity contribution is 0.00706. The number of hydrogen-bond donors (Lipinski definition) is 2. The smallest absolute Gasteiger partial charge is 0.296 e. The van der Waals surface area contributed by atoms with Gasteiger partial charge in [-0.05, 0) is 12.1 Å². The number of aromatic amines is 1. The molecule has 0 amide bonds. The lowest BCUT2D eigenvalue weighted by Gasteiger charge is -2.15. The molecule has 2 N–H and O–H groups in total. The van der Waals surface area contributed by atoms with Crippen LogP contribution in [0.25, 0.3) is 22.4 Å². The van der Waals surface area contributed by atoms with Gasteiger partial charge in [-0.25, -0.2) is 4.98 Å². The zero-order valence-electron chi connectivity index (χ0n) is 12.9. The van der Waals surface area contributed by atoms with Crippen molar-refractivity contribution in [2.45, 2.75) is 24.4 Å². The Hall–Kier alpha value is -2.13. The highest BCUT2D eigenvalue weighted by Crippen LogP contribution is 2.32. The molecule has 4 atom stereocenters. The number of halogens is 1. The predicted octanol–water partition coefficient (Wildman–Crippen LogP) is 1.78. The molecular weight excluding hydrogens is 350 g/mol. The first kappa shape index (κ1) is 15.2. The zero-order chi connectivity index (χ0) is 17.0. The number of hydrogen-bond acceptors (Lipinski definition) is 7. The van der Waals surface area contributed by atoms with E-state index in [1.54, 1.807) is 24.7 Å². The van der Waals surface area contributed by atoms with Gasteiger partial charge in [-0.3, -0.25) is 0 Å². The second-order valence-electron chi connectivity index (χ2n) is 6.06. The van der Waals surface area contributed by atoms with Gasteiger partial charge in [0.1, 0.15) is 18.3 Å². The van der Waals surface area contributed by atoms with Gasteiger partial charge >= 0.3 is 0 Å². The van der Waals surface area contributed by atoms with E-state index in [1.165, 1.54) is 0 Å². The van der Waals surface area contributed by atoms with Gasteiger partial charge in [-0.15, -0.1) is 0 Å². The van der Waals surface area contributed by atoms with Crippen molar-refractivity contribution in [3.63, 3.8) is 0 Å². The molecule has 2 saturated heterocycles. The Morgan fingerprint density at radius 1 is 1.24 bits per heavy atom. The lowest BCUT2D eigenvalue weighted by atomic mass is 10.1. The maximum absolute atomic E-state index is 9.79. The molecule has 130 valence electrons. The zero-order valence-corrected chi connectivity index (χ0v) is 13.6. The van der Waals surface area contributed by atoms with Crippen LogP contribution in [0.1, 0.15) is 0 Å². The molecule has 2 aliphatic heterocycles. The van der Waals surface area contributed by atoms with Crippen LogP contribution < -0.4 is 4.74 Å². The second-order valence-corrected chi connectivity index (χ2v) is 6.47. The highest BCUT2D eigenvalue weighted by Gasteiger charge is 2.48. The molecule has 0 radical (unpaired) electrons. The van der Waals surface area contributed by atoms with Crippen LogP contribution in [-0.4, -0.2) is 57.7 Å². The van der Waals surface area contributed by atoms with Crippen molar-refractivity contribution in [3.8, 4) is 17.3 Å². The fourth-order valence-corrected chi connectivity index (χ4v) is 3.50. The third kappa shape index (κ3) is 2.49. The summed E-state index contributed by atoms with van der Waals surface area (Å²) in [7, 11) is 0. The van der Waals surface area contributed by atoms with Crippen LogP contribution >= 0.6 is 11.6 Å². The van der Waals surface area contributed by atoms with Crippen molar-refractivity contribution in [2.75, 3.05) is 13.2 Å². The summed E-state index contributed by atoms with van der Waals surface area (Å²) < 4.78 is 22.0. The highest BCUT2D eigenvalue weighted by molar-refractivity contribution is 6.33. The van der Waals surface area contributed by atoms with Gasteiger partial charge in [0.05, 0.1) is 42.0 Å². The summed E-state index contributed by atoms with van der Waals surface area (Å²) >= 11 is 6.30. The summed E-state index contributed by atoms with van der Waals surface area (Å²) in [5.41, 5.74) is 2.51. The average molecular weight is 364 g/mol. The molecular formula is C16H14ClN3O5. The molecule has 5 heterocycles. The van der Waals surface area contributed by atoms with E-state index >= 15 is 0 Å². The molecule has 8 nitrogen and oxygen atoms in total. The molecule has 3 aromatic heterocycles. The molecule has 9 heteroatoms.